The summed E-state index contributed by atoms with van der Waals surface area (Å²) >= 11 is 0. The zero-order chi connectivity index (χ0) is 16.4. The maximum atomic E-state index is 4.57. The fraction of sp³-hybridized carbons (Fsp3) is 0.368. The molecule has 0 radical (unpaired) electrons. The van der Waals surface area contributed by atoms with Crippen molar-refractivity contribution in [1.29, 1.82) is 0 Å². The molecule has 1 aromatic carbocycles. The van der Waals surface area contributed by atoms with Gasteiger partial charge in [0.05, 0.1) is 11.7 Å². The minimum atomic E-state index is 0.221. The van der Waals surface area contributed by atoms with Crippen LogP contribution in [0.1, 0.15) is 30.1 Å². The zero-order valence-electron chi connectivity index (χ0n) is 14.0. The number of benzene rings is 1. The molecule has 1 saturated heterocycles. The van der Waals surface area contributed by atoms with Crippen molar-refractivity contribution < 1.29 is 0 Å². The SMILES string of the molecule is Cc1cc2c(NC(CN3CCCC3)c3ccccc3)nccn2n1. The van der Waals surface area contributed by atoms with E-state index in [1.165, 1.54) is 31.5 Å². The summed E-state index contributed by atoms with van der Waals surface area (Å²) in [7, 11) is 0. The smallest absolute Gasteiger partial charge is 0.152 e. The molecule has 24 heavy (non-hydrogen) atoms. The molecular weight excluding hydrogens is 298 g/mol. The van der Waals surface area contributed by atoms with Gasteiger partial charge in [0.2, 0.25) is 0 Å². The summed E-state index contributed by atoms with van der Waals surface area (Å²) < 4.78 is 1.89. The number of nitrogens with zero attached hydrogens (tertiary/aromatic N) is 4. The number of aryl methyl sites for hydroxylation is 1. The van der Waals surface area contributed by atoms with Gasteiger partial charge in [-0.2, -0.15) is 5.10 Å². The van der Waals surface area contributed by atoms with Gasteiger partial charge in [-0.25, -0.2) is 9.50 Å². The molecule has 124 valence electrons. The molecule has 1 aliphatic rings. The fourth-order valence-electron chi connectivity index (χ4n) is 3.46. The largest absolute Gasteiger partial charge is 0.360 e. The second kappa shape index (κ2) is 6.61. The van der Waals surface area contributed by atoms with Gasteiger partial charge >= 0.3 is 0 Å². The number of rotatable bonds is 5. The summed E-state index contributed by atoms with van der Waals surface area (Å²) in [5.41, 5.74) is 3.32. The van der Waals surface area contributed by atoms with E-state index in [-0.39, 0.29) is 6.04 Å². The number of hydrogen-bond donors (Lipinski definition) is 1. The third-order valence-electron chi connectivity index (χ3n) is 4.66. The van der Waals surface area contributed by atoms with Gasteiger partial charge in [0, 0.05) is 18.9 Å². The number of likely N-dealkylation sites (tertiary alicyclic amines) is 1. The average molecular weight is 321 g/mol. The quantitative estimate of drug-likeness (QED) is 0.783. The van der Waals surface area contributed by atoms with Crippen molar-refractivity contribution in [3.63, 3.8) is 0 Å². The van der Waals surface area contributed by atoms with Gasteiger partial charge in [0.25, 0.3) is 0 Å². The maximum Gasteiger partial charge on any atom is 0.152 e. The normalized spacial score (nSPS) is 16.5. The van der Waals surface area contributed by atoms with E-state index in [4.69, 9.17) is 0 Å². The Hall–Kier alpha value is -2.40. The number of hydrogen-bond acceptors (Lipinski definition) is 4. The first kappa shape index (κ1) is 15.1. The van der Waals surface area contributed by atoms with E-state index >= 15 is 0 Å². The fourth-order valence-corrected chi connectivity index (χ4v) is 3.46. The van der Waals surface area contributed by atoms with E-state index < -0.39 is 0 Å². The van der Waals surface area contributed by atoms with Gasteiger partial charge in [-0.05, 0) is 44.5 Å². The molecule has 0 amide bonds. The molecule has 0 saturated carbocycles. The minimum absolute atomic E-state index is 0.221. The standard InChI is InChI=1S/C19H23N5/c1-15-13-18-19(20-9-12-24(18)22-15)21-17(14-23-10-5-6-11-23)16-7-3-2-4-8-16/h2-4,7-9,12-13,17H,5-6,10-11,14H2,1H3,(H,20,21). The van der Waals surface area contributed by atoms with Crippen molar-refractivity contribution in [3.05, 3.63) is 60.0 Å². The third-order valence-corrected chi connectivity index (χ3v) is 4.66. The lowest BCUT2D eigenvalue weighted by atomic mass is 10.1. The molecule has 1 fully saturated rings. The predicted octanol–water partition coefficient (Wildman–Crippen LogP) is 3.29. The first-order chi connectivity index (χ1) is 11.8. The van der Waals surface area contributed by atoms with E-state index in [1.807, 2.05) is 17.6 Å². The van der Waals surface area contributed by atoms with Crippen molar-refractivity contribution in [2.75, 3.05) is 25.0 Å². The molecule has 1 aliphatic heterocycles. The van der Waals surface area contributed by atoms with Gasteiger partial charge in [-0.15, -0.1) is 0 Å². The van der Waals surface area contributed by atoms with Crippen LogP contribution in [0.3, 0.4) is 0 Å². The monoisotopic (exact) mass is 321 g/mol. The van der Waals surface area contributed by atoms with Crippen LogP contribution in [0.4, 0.5) is 5.82 Å². The van der Waals surface area contributed by atoms with Crippen LogP contribution in [0.15, 0.2) is 48.8 Å². The van der Waals surface area contributed by atoms with Crippen molar-refractivity contribution in [1.82, 2.24) is 19.5 Å². The highest BCUT2D eigenvalue weighted by atomic mass is 15.2. The minimum Gasteiger partial charge on any atom is -0.360 e. The molecule has 0 bridgehead atoms. The Morgan fingerprint density at radius 1 is 1.17 bits per heavy atom. The third kappa shape index (κ3) is 3.12. The molecule has 5 nitrogen and oxygen atoms in total. The Morgan fingerprint density at radius 2 is 1.96 bits per heavy atom. The van der Waals surface area contributed by atoms with E-state index in [0.717, 1.165) is 23.6 Å². The molecule has 2 aromatic heterocycles. The number of fused-ring (bicyclic) bond motifs is 1. The van der Waals surface area contributed by atoms with Gasteiger partial charge < -0.3 is 10.2 Å². The van der Waals surface area contributed by atoms with E-state index in [9.17, 15) is 0 Å². The first-order valence-electron chi connectivity index (χ1n) is 8.64. The zero-order valence-corrected chi connectivity index (χ0v) is 14.0. The van der Waals surface area contributed by atoms with Crippen LogP contribution < -0.4 is 5.32 Å². The molecule has 4 rings (SSSR count). The Labute approximate surface area is 142 Å². The number of anilines is 1. The van der Waals surface area contributed by atoms with Crippen LogP contribution in [0.2, 0.25) is 0 Å². The lowest BCUT2D eigenvalue weighted by Crippen LogP contribution is -2.29. The summed E-state index contributed by atoms with van der Waals surface area (Å²) in [5, 5.41) is 8.15. The van der Waals surface area contributed by atoms with Crippen LogP contribution in [0.25, 0.3) is 5.52 Å². The summed E-state index contributed by atoms with van der Waals surface area (Å²) in [5.74, 6) is 0.895. The molecule has 0 spiro atoms. The molecule has 5 heteroatoms. The Kier molecular flexibility index (Phi) is 4.17. The molecule has 3 heterocycles. The Bertz CT molecular complexity index is 805. The number of nitrogens with one attached hydrogen (secondary N) is 1. The summed E-state index contributed by atoms with van der Waals surface area (Å²) in [6, 6.07) is 12.9. The highest BCUT2D eigenvalue weighted by Gasteiger charge is 2.20. The molecule has 1 unspecified atom stereocenters. The van der Waals surface area contributed by atoms with Crippen LogP contribution >= 0.6 is 0 Å². The van der Waals surface area contributed by atoms with Crippen molar-refractivity contribution in [3.8, 4) is 0 Å². The maximum absolute atomic E-state index is 4.57. The van der Waals surface area contributed by atoms with Crippen LogP contribution in [0.5, 0.6) is 0 Å². The highest BCUT2D eigenvalue weighted by Crippen LogP contribution is 2.24. The van der Waals surface area contributed by atoms with Gasteiger partial charge in [-0.1, -0.05) is 30.3 Å². The van der Waals surface area contributed by atoms with Gasteiger partial charge in [0.1, 0.15) is 5.52 Å². The lowest BCUT2D eigenvalue weighted by molar-refractivity contribution is 0.323. The Morgan fingerprint density at radius 3 is 2.75 bits per heavy atom. The first-order valence-corrected chi connectivity index (χ1v) is 8.64. The van der Waals surface area contributed by atoms with E-state index in [0.29, 0.717) is 0 Å². The number of aromatic nitrogens is 3. The predicted molar refractivity (Wildman–Crippen MR) is 96.2 cm³/mol. The molecule has 1 atom stereocenters. The second-order valence-corrected chi connectivity index (χ2v) is 6.51. The van der Waals surface area contributed by atoms with E-state index in [1.54, 1.807) is 6.20 Å². The molecular formula is C19H23N5. The van der Waals surface area contributed by atoms with Gasteiger partial charge in [0.15, 0.2) is 5.82 Å². The molecule has 3 aromatic rings. The summed E-state index contributed by atoms with van der Waals surface area (Å²) in [4.78, 5) is 7.10. The van der Waals surface area contributed by atoms with Crippen LogP contribution in [-0.2, 0) is 0 Å². The van der Waals surface area contributed by atoms with Crippen molar-refractivity contribution in [2.24, 2.45) is 0 Å². The average Bonchev–Trinajstić information content (AvgIpc) is 3.24. The van der Waals surface area contributed by atoms with Gasteiger partial charge in [-0.3, -0.25) is 0 Å². The second-order valence-electron chi connectivity index (χ2n) is 6.51. The van der Waals surface area contributed by atoms with Crippen LogP contribution in [0, 0.1) is 6.92 Å². The molecule has 1 N–H and O–H groups in total. The van der Waals surface area contributed by atoms with E-state index in [2.05, 4.69) is 56.7 Å². The molecule has 0 aliphatic carbocycles. The van der Waals surface area contributed by atoms with Crippen molar-refractivity contribution in [2.45, 2.75) is 25.8 Å². The Balaban J connectivity index is 1.65. The van der Waals surface area contributed by atoms with Crippen molar-refractivity contribution >= 4 is 11.3 Å². The summed E-state index contributed by atoms with van der Waals surface area (Å²) in [6.45, 7) is 5.39. The summed E-state index contributed by atoms with van der Waals surface area (Å²) in [6.07, 6.45) is 6.31. The van der Waals surface area contributed by atoms with Crippen LogP contribution in [-0.4, -0.2) is 39.1 Å². The highest BCUT2D eigenvalue weighted by molar-refractivity contribution is 5.68. The topological polar surface area (TPSA) is 45.5 Å². The lowest BCUT2D eigenvalue weighted by Gasteiger charge is -2.25.